The zero-order valence-electron chi connectivity index (χ0n) is 14.3. The Morgan fingerprint density at radius 1 is 1.15 bits per heavy atom. The van der Waals surface area contributed by atoms with Crippen LogP contribution in [0.25, 0.3) is 0 Å². The van der Waals surface area contributed by atoms with Crippen LogP contribution in [0, 0.1) is 17.5 Å². The number of benzene rings is 1. The van der Waals surface area contributed by atoms with E-state index >= 15 is 0 Å². The lowest BCUT2D eigenvalue weighted by Gasteiger charge is -2.37. The third kappa shape index (κ3) is 4.08. The summed E-state index contributed by atoms with van der Waals surface area (Å²) >= 11 is 1.59. The summed E-state index contributed by atoms with van der Waals surface area (Å²) in [7, 11) is 2.06. The Kier molecular flexibility index (Phi) is 5.95. The maximum Gasteiger partial charge on any atom is 0.254 e. The monoisotopic (exact) mass is 383 g/mol. The summed E-state index contributed by atoms with van der Waals surface area (Å²) in [6.07, 6.45) is 0. The average Bonchev–Trinajstić information content (AvgIpc) is 3.15. The first-order valence-electron chi connectivity index (χ1n) is 8.35. The summed E-state index contributed by atoms with van der Waals surface area (Å²) in [4.78, 5) is 17.9. The van der Waals surface area contributed by atoms with Gasteiger partial charge in [-0.05, 0) is 30.6 Å². The molecule has 1 N–H and O–H groups in total. The number of rotatable bonds is 5. The highest BCUT2D eigenvalue weighted by Gasteiger charge is 2.26. The number of carbonyl (C=O) groups excluding carboxylic acids is 1. The molecule has 2 aromatic rings. The zero-order chi connectivity index (χ0) is 18.7. The van der Waals surface area contributed by atoms with Gasteiger partial charge in [-0.15, -0.1) is 11.3 Å². The van der Waals surface area contributed by atoms with E-state index < -0.39 is 28.9 Å². The van der Waals surface area contributed by atoms with Crippen LogP contribution < -0.4 is 5.32 Å². The van der Waals surface area contributed by atoms with Crippen molar-refractivity contribution < 1.29 is 18.0 Å². The van der Waals surface area contributed by atoms with Gasteiger partial charge in [0.1, 0.15) is 0 Å². The van der Waals surface area contributed by atoms with Crippen LogP contribution in [0.5, 0.6) is 0 Å². The first kappa shape index (κ1) is 18.9. The molecule has 3 rings (SSSR count). The van der Waals surface area contributed by atoms with Gasteiger partial charge in [-0.2, -0.15) is 0 Å². The molecule has 1 aromatic heterocycles. The molecule has 1 aromatic carbocycles. The van der Waals surface area contributed by atoms with Crippen LogP contribution in [-0.2, 0) is 0 Å². The summed E-state index contributed by atoms with van der Waals surface area (Å²) in [5.41, 5.74) is -0.493. The largest absolute Gasteiger partial charge is 0.350 e. The molecule has 26 heavy (non-hydrogen) atoms. The van der Waals surface area contributed by atoms with Crippen molar-refractivity contribution in [3.05, 3.63) is 57.5 Å². The fourth-order valence-electron chi connectivity index (χ4n) is 3.01. The Morgan fingerprint density at radius 2 is 1.88 bits per heavy atom. The number of piperazine rings is 1. The third-order valence-electron chi connectivity index (χ3n) is 4.59. The molecule has 140 valence electrons. The number of hydrogen-bond donors (Lipinski definition) is 1. The summed E-state index contributed by atoms with van der Waals surface area (Å²) in [6.45, 7) is 3.83. The van der Waals surface area contributed by atoms with Crippen molar-refractivity contribution >= 4 is 17.2 Å². The number of carbonyl (C=O) groups is 1. The van der Waals surface area contributed by atoms with Crippen LogP contribution in [0.3, 0.4) is 0 Å². The van der Waals surface area contributed by atoms with E-state index in [2.05, 4.69) is 22.2 Å². The number of thiophene rings is 1. The molecule has 0 aliphatic carbocycles. The SMILES string of the molecule is CN1CCN(C(CNC(=O)c2ccc(F)c(F)c2F)c2cccs2)CC1. The molecule has 0 spiro atoms. The van der Waals surface area contributed by atoms with Crippen molar-refractivity contribution in [3.8, 4) is 0 Å². The number of nitrogens with one attached hydrogen (secondary N) is 1. The van der Waals surface area contributed by atoms with Crippen LogP contribution in [0.15, 0.2) is 29.6 Å². The van der Waals surface area contributed by atoms with Crippen molar-refractivity contribution in [2.75, 3.05) is 39.8 Å². The van der Waals surface area contributed by atoms with E-state index in [9.17, 15) is 18.0 Å². The van der Waals surface area contributed by atoms with Crippen molar-refractivity contribution in [2.24, 2.45) is 0 Å². The lowest BCUT2D eigenvalue weighted by atomic mass is 10.1. The van der Waals surface area contributed by atoms with Crippen molar-refractivity contribution in [2.45, 2.75) is 6.04 Å². The van der Waals surface area contributed by atoms with Gasteiger partial charge in [0, 0.05) is 37.6 Å². The predicted molar refractivity (Wildman–Crippen MR) is 94.8 cm³/mol. The van der Waals surface area contributed by atoms with E-state index in [1.165, 1.54) is 0 Å². The summed E-state index contributed by atoms with van der Waals surface area (Å²) in [5, 5.41) is 4.63. The van der Waals surface area contributed by atoms with Crippen molar-refractivity contribution in [1.82, 2.24) is 15.1 Å². The van der Waals surface area contributed by atoms with Gasteiger partial charge in [-0.1, -0.05) is 6.07 Å². The quantitative estimate of drug-likeness (QED) is 0.807. The van der Waals surface area contributed by atoms with Crippen LogP contribution in [0.2, 0.25) is 0 Å². The van der Waals surface area contributed by atoms with Gasteiger partial charge in [0.05, 0.1) is 11.6 Å². The second kappa shape index (κ2) is 8.20. The highest BCUT2D eigenvalue weighted by Crippen LogP contribution is 2.26. The molecule has 1 aliphatic rings. The minimum Gasteiger partial charge on any atom is -0.350 e. The maximum atomic E-state index is 13.8. The van der Waals surface area contributed by atoms with E-state index in [1.807, 2.05) is 17.5 Å². The lowest BCUT2D eigenvalue weighted by molar-refractivity contribution is 0.0885. The smallest absolute Gasteiger partial charge is 0.254 e. The first-order chi connectivity index (χ1) is 12.5. The standard InChI is InChI=1S/C18H20F3N3OS/c1-23-6-8-24(9-7-23)14(15-3-2-10-26-15)11-22-18(25)12-4-5-13(19)17(21)16(12)20/h2-5,10,14H,6-9,11H2,1H3,(H,22,25). The van der Waals surface area contributed by atoms with E-state index in [0.29, 0.717) is 0 Å². The molecular formula is C18H20F3N3OS. The molecule has 1 amide bonds. The van der Waals surface area contributed by atoms with Gasteiger partial charge in [0.15, 0.2) is 17.5 Å². The van der Waals surface area contributed by atoms with Gasteiger partial charge in [-0.3, -0.25) is 9.69 Å². The van der Waals surface area contributed by atoms with Crippen LogP contribution >= 0.6 is 11.3 Å². The Hall–Kier alpha value is -1.90. The number of amides is 1. The van der Waals surface area contributed by atoms with E-state index in [0.717, 1.165) is 43.2 Å². The molecule has 1 unspecified atom stereocenters. The molecular weight excluding hydrogens is 363 g/mol. The summed E-state index contributed by atoms with van der Waals surface area (Å²) in [5.74, 6) is -5.16. The minimum atomic E-state index is -1.63. The Labute approximate surface area is 154 Å². The topological polar surface area (TPSA) is 35.6 Å². The third-order valence-corrected chi connectivity index (χ3v) is 5.56. The highest BCUT2D eigenvalue weighted by atomic mass is 32.1. The molecule has 4 nitrogen and oxygen atoms in total. The molecule has 0 bridgehead atoms. The molecule has 1 atom stereocenters. The average molecular weight is 383 g/mol. The predicted octanol–water partition coefficient (Wildman–Crippen LogP) is 2.88. The van der Waals surface area contributed by atoms with Gasteiger partial charge in [-0.25, -0.2) is 13.2 Å². The second-order valence-electron chi connectivity index (χ2n) is 6.30. The summed E-state index contributed by atoms with van der Waals surface area (Å²) in [6, 6.07) is 5.61. The van der Waals surface area contributed by atoms with E-state index in [4.69, 9.17) is 0 Å². The zero-order valence-corrected chi connectivity index (χ0v) is 15.2. The van der Waals surface area contributed by atoms with Crippen LogP contribution in [-0.4, -0.2) is 55.5 Å². The fraction of sp³-hybridized carbons (Fsp3) is 0.389. The molecule has 1 aliphatic heterocycles. The summed E-state index contributed by atoms with van der Waals surface area (Å²) < 4.78 is 40.2. The lowest BCUT2D eigenvalue weighted by Crippen LogP contribution is -2.48. The van der Waals surface area contributed by atoms with Crippen LogP contribution in [0.1, 0.15) is 21.3 Å². The molecule has 0 saturated carbocycles. The van der Waals surface area contributed by atoms with E-state index in [-0.39, 0.29) is 12.6 Å². The Balaban J connectivity index is 1.72. The van der Waals surface area contributed by atoms with Gasteiger partial charge < -0.3 is 10.2 Å². The number of halogens is 3. The normalized spacial score (nSPS) is 17.2. The molecule has 2 heterocycles. The van der Waals surface area contributed by atoms with Crippen molar-refractivity contribution in [1.29, 1.82) is 0 Å². The van der Waals surface area contributed by atoms with Gasteiger partial charge >= 0.3 is 0 Å². The minimum absolute atomic E-state index is 0.0407. The van der Waals surface area contributed by atoms with Crippen LogP contribution in [0.4, 0.5) is 13.2 Å². The van der Waals surface area contributed by atoms with Gasteiger partial charge in [0.25, 0.3) is 5.91 Å². The maximum absolute atomic E-state index is 13.8. The Morgan fingerprint density at radius 3 is 2.54 bits per heavy atom. The first-order valence-corrected chi connectivity index (χ1v) is 9.23. The second-order valence-corrected chi connectivity index (χ2v) is 7.28. The number of nitrogens with zero attached hydrogens (tertiary/aromatic N) is 2. The Bertz CT molecular complexity index is 761. The van der Waals surface area contributed by atoms with E-state index in [1.54, 1.807) is 11.3 Å². The molecule has 0 radical (unpaired) electrons. The molecule has 8 heteroatoms. The highest BCUT2D eigenvalue weighted by molar-refractivity contribution is 7.10. The van der Waals surface area contributed by atoms with Crippen molar-refractivity contribution in [3.63, 3.8) is 0 Å². The van der Waals surface area contributed by atoms with Gasteiger partial charge in [0.2, 0.25) is 0 Å². The number of hydrogen-bond acceptors (Lipinski definition) is 4. The molecule has 1 saturated heterocycles. The molecule has 1 fully saturated rings. The fourth-order valence-corrected chi connectivity index (χ4v) is 3.87. The number of likely N-dealkylation sites (N-methyl/N-ethyl adjacent to an activating group) is 1.